The van der Waals surface area contributed by atoms with Crippen molar-refractivity contribution in [2.24, 2.45) is 0 Å². The van der Waals surface area contributed by atoms with Gasteiger partial charge in [-0.3, -0.25) is 14.6 Å². The van der Waals surface area contributed by atoms with Crippen LogP contribution in [-0.2, 0) is 4.79 Å². The minimum absolute atomic E-state index is 0.0393. The van der Waals surface area contributed by atoms with E-state index in [1.54, 1.807) is 24.4 Å². The number of nitrogens with one attached hydrogen (secondary N) is 2. The van der Waals surface area contributed by atoms with Crippen LogP contribution in [0.1, 0.15) is 29.0 Å². The van der Waals surface area contributed by atoms with Gasteiger partial charge < -0.3 is 15.4 Å². The molecule has 1 aromatic heterocycles. The molecule has 0 saturated carbocycles. The Morgan fingerprint density at radius 3 is 3.00 bits per heavy atom. The number of nitrogens with zero attached hydrogens (tertiary/aromatic N) is 1. The van der Waals surface area contributed by atoms with E-state index < -0.39 is 0 Å². The summed E-state index contributed by atoms with van der Waals surface area (Å²) < 4.78 is 5.31. The van der Waals surface area contributed by atoms with Gasteiger partial charge in [-0.1, -0.05) is 6.07 Å². The molecule has 1 aliphatic rings. The van der Waals surface area contributed by atoms with Crippen LogP contribution in [0.4, 0.5) is 5.69 Å². The first-order chi connectivity index (χ1) is 10.6. The molecule has 0 radical (unpaired) electrons. The second-order valence-corrected chi connectivity index (χ2v) is 5.00. The fraction of sp³-hybridized carbons (Fsp3) is 0.188. The van der Waals surface area contributed by atoms with E-state index >= 15 is 0 Å². The Morgan fingerprint density at radius 1 is 1.36 bits per heavy atom. The first-order valence-electron chi connectivity index (χ1n) is 6.92. The maximum Gasteiger partial charge on any atom is 0.262 e. The molecular formula is C16H15N3O3. The van der Waals surface area contributed by atoms with Crippen LogP contribution in [0.15, 0.2) is 42.6 Å². The van der Waals surface area contributed by atoms with Crippen molar-refractivity contribution in [2.75, 3.05) is 11.9 Å². The highest BCUT2D eigenvalue weighted by Gasteiger charge is 2.19. The summed E-state index contributed by atoms with van der Waals surface area (Å²) >= 11 is 0. The van der Waals surface area contributed by atoms with E-state index in [0.29, 0.717) is 17.0 Å². The predicted octanol–water partition coefficient (Wildman–Crippen LogP) is 1.90. The minimum atomic E-state index is -0.221. The molecule has 2 aromatic rings. The van der Waals surface area contributed by atoms with E-state index in [2.05, 4.69) is 15.6 Å². The van der Waals surface area contributed by atoms with E-state index in [1.165, 1.54) is 0 Å². The fourth-order valence-electron chi connectivity index (χ4n) is 2.20. The molecule has 1 aromatic carbocycles. The van der Waals surface area contributed by atoms with Crippen LogP contribution in [0.5, 0.6) is 5.75 Å². The third-order valence-electron chi connectivity index (χ3n) is 3.36. The van der Waals surface area contributed by atoms with Gasteiger partial charge in [0.2, 0.25) is 0 Å². The molecule has 22 heavy (non-hydrogen) atoms. The van der Waals surface area contributed by atoms with Crippen LogP contribution >= 0.6 is 0 Å². The maximum atomic E-state index is 12.3. The molecule has 0 unspecified atom stereocenters. The Hall–Kier alpha value is -2.89. The predicted molar refractivity (Wildman–Crippen MR) is 80.7 cm³/mol. The van der Waals surface area contributed by atoms with Gasteiger partial charge in [0.1, 0.15) is 5.75 Å². The fourth-order valence-corrected chi connectivity index (χ4v) is 2.20. The topological polar surface area (TPSA) is 80.3 Å². The van der Waals surface area contributed by atoms with Gasteiger partial charge in [-0.15, -0.1) is 0 Å². The van der Waals surface area contributed by atoms with Crippen molar-refractivity contribution in [1.82, 2.24) is 10.3 Å². The van der Waals surface area contributed by atoms with Crippen molar-refractivity contribution < 1.29 is 14.3 Å². The number of amides is 2. The van der Waals surface area contributed by atoms with Crippen LogP contribution in [0.2, 0.25) is 0 Å². The number of benzene rings is 1. The van der Waals surface area contributed by atoms with E-state index in [9.17, 15) is 9.59 Å². The van der Waals surface area contributed by atoms with Gasteiger partial charge in [0.05, 0.1) is 17.4 Å². The number of ether oxygens (including phenoxy) is 1. The molecule has 0 saturated heterocycles. The lowest BCUT2D eigenvalue weighted by atomic mass is 10.1. The molecule has 2 amide bonds. The quantitative estimate of drug-likeness (QED) is 0.906. The van der Waals surface area contributed by atoms with Crippen molar-refractivity contribution in [3.63, 3.8) is 0 Å². The van der Waals surface area contributed by atoms with Crippen molar-refractivity contribution in [3.8, 4) is 5.75 Å². The van der Waals surface area contributed by atoms with Crippen molar-refractivity contribution >= 4 is 17.5 Å². The normalized spacial score (nSPS) is 14.3. The van der Waals surface area contributed by atoms with Gasteiger partial charge in [0.15, 0.2) is 6.61 Å². The van der Waals surface area contributed by atoms with Crippen LogP contribution in [0.3, 0.4) is 0 Å². The molecule has 1 atom stereocenters. The third-order valence-corrected chi connectivity index (χ3v) is 3.36. The summed E-state index contributed by atoms with van der Waals surface area (Å²) in [5.74, 6) is 0.0765. The Bertz CT molecular complexity index is 716. The van der Waals surface area contributed by atoms with Gasteiger partial charge in [0.25, 0.3) is 11.8 Å². The Kier molecular flexibility index (Phi) is 3.74. The number of aromatic nitrogens is 1. The number of fused-ring (bicyclic) bond motifs is 1. The molecule has 0 aliphatic carbocycles. The van der Waals surface area contributed by atoms with Crippen LogP contribution in [0, 0.1) is 0 Å². The second-order valence-electron chi connectivity index (χ2n) is 5.00. The lowest BCUT2D eigenvalue weighted by Gasteiger charge is -2.19. The standard InChI is InChI=1S/C16H15N3O3/c1-10(12-4-2-3-7-17-12)18-16(21)11-5-6-13-14(8-11)22-9-15(20)19-13/h2-8,10H,9H2,1H3,(H,18,21)(H,19,20)/t10-/m1/s1. The number of carbonyl (C=O) groups excluding carboxylic acids is 2. The first-order valence-corrected chi connectivity index (χ1v) is 6.92. The van der Waals surface area contributed by atoms with Crippen LogP contribution < -0.4 is 15.4 Å². The Morgan fingerprint density at radius 2 is 2.23 bits per heavy atom. The summed E-state index contributed by atoms with van der Waals surface area (Å²) in [5, 5.41) is 5.57. The molecule has 6 heteroatoms. The molecule has 6 nitrogen and oxygen atoms in total. The minimum Gasteiger partial charge on any atom is -0.482 e. The average molecular weight is 297 g/mol. The lowest BCUT2D eigenvalue weighted by Crippen LogP contribution is -2.28. The summed E-state index contributed by atoms with van der Waals surface area (Å²) in [6.07, 6.45) is 1.69. The van der Waals surface area contributed by atoms with Gasteiger partial charge in [-0.05, 0) is 37.3 Å². The zero-order chi connectivity index (χ0) is 15.5. The molecule has 112 valence electrons. The van der Waals surface area contributed by atoms with E-state index in [0.717, 1.165) is 5.69 Å². The summed E-state index contributed by atoms with van der Waals surface area (Å²) in [6, 6.07) is 10.3. The molecule has 0 bridgehead atoms. The molecule has 0 spiro atoms. The largest absolute Gasteiger partial charge is 0.482 e. The first kappa shape index (κ1) is 14.1. The molecule has 2 N–H and O–H groups in total. The highest BCUT2D eigenvalue weighted by molar-refractivity contribution is 5.99. The second kappa shape index (κ2) is 5.85. The van der Waals surface area contributed by atoms with E-state index in [-0.39, 0.29) is 24.5 Å². The Balaban J connectivity index is 1.74. The molecule has 2 heterocycles. The number of carbonyl (C=O) groups is 2. The van der Waals surface area contributed by atoms with Crippen LogP contribution in [0.25, 0.3) is 0 Å². The number of pyridine rings is 1. The van der Waals surface area contributed by atoms with E-state index in [1.807, 2.05) is 25.1 Å². The zero-order valence-corrected chi connectivity index (χ0v) is 12.0. The number of anilines is 1. The molecule has 3 rings (SSSR count). The monoisotopic (exact) mass is 297 g/mol. The van der Waals surface area contributed by atoms with Gasteiger partial charge in [0, 0.05) is 11.8 Å². The van der Waals surface area contributed by atoms with Crippen molar-refractivity contribution in [1.29, 1.82) is 0 Å². The molecular weight excluding hydrogens is 282 g/mol. The lowest BCUT2D eigenvalue weighted by molar-refractivity contribution is -0.118. The van der Waals surface area contributed by atoms with E-state index in [4.69, 9.17) is 4.74 Å². The third kappa shape index (κ3) is 2.90. The average Bonchev–Trinajstić information content (AvgIpc) is 2.55. The van der Waals surface area contributed by atoms with Crippen LogP contribution in [-0.4, -0.2) is 23.4 Å². The smallest absolute Gasteiger partial charge is 0.262 e. The summed E-state index contributed by atoms with van der Waals surface area (Å²) in [4.78, 5) is 27.7. The van der Waals surface area contributed by atoms with Gasteiger partial charge >= 0.3 is 0 Å². The highest BCUT2D eigenvalue weighted by atomic mass is 16.5. The van der Waals surface area contributed by atoms with Gasteiger partial charge in [-0.25, -0.2) is 0 Å². The molecule has 1 aliphatic heterocycles. The number of hydrogen-bond acceptors (Lipinski definition) is 4. The summed E-state index contributed by atoms with van der Waals surface area (Å²) in [7, 11) is 0. The van der Waals surface area contributed by atoms with Crippen molar-refractivity contribution in [2.45, 2.75) is 13.0 Å². The van der Waals surface area contributed by atoms with Gasteiger partial charge in [-0.2, -0.15) is 0 Å². The highest BCUT2D eigenvalue weighted by Crippen LogP contribution is 2.28. The zero-order valence-electron chi connectivity index (χ0n) is 12.0. The summed E-state index contributed by atoms with van der Waals surface area (Å²) in [6.45, 7) is 1.83. The SMILES string of the molecule is C[C@@H](NC(=O)c1ccc2c(c1)OCC(=O)N2)c1ccccn1. The molecule has 0 fully saturated rings. The van der Waals surface area contributed by atoms with Crippen molar-refractivity contribution in [3.05, 3.63) is 53.9 Å². The maximum absolute atomic E-state index is 12.3. The Labute approximate surface area is 127 Å². The number of hydrogen-bond donors (Lipinski definition) is 2. The summed E-state index contributed by atoms with van der Waals surface area (Å²) in [5.41, 5.74) is 1.83. The number of rotatable bonds is 3.